The van der Waals surface area contributed by atoms with E-state index in [-0.39, 0.29) is 15.5 Å². The number of carbonyl (C=O) groups is 1. The van der Waals surface area contributed by atoms with Gasteiger partial charge in [-0.2, -0.15) is 13.2 Å². The van der Waals surface area contributed by atoms with Crippen LogP contribution in [0.5, 0.6) is 0 Å². The fourth-order valence-electron chi connectivity index (χ4n) is 4.00. The Bertz CT molecular complexity index is 980. The first-order chi connectivity index (χ1) is 14.7. The van der Waals surface area contributed by atoms with Gasteiger partial charge in [0.1, 0.15) is 10.6 Å². The lowest BCUT2D eigenvalue weighted by molar-refractivity contribution is -0.384. The molecule has 0 spiro atoms. The lowest BCUT2D eigenvalue weighted by Crippen LogP contribution is -2.48. The highest BCUT2D eigenvalue weighted by molar-refractivity contribution is 7.14. The van der Waals surface area contributed by atoms with E-state index in [2.05, 4.69) is 0 Å². The van der Waals surface area contributed by atoms with Crippen molar-refractivity contribution in [3.05, 3.63) is 50.2 Å². The van der Waals surface area contributed by atoms with Gasteiger partial charge in [-0.1, -0.05) is 0 Å². The smallest absolute Gasteiger partial charge is 0.368 e. The van der Waals surface area contributed by atoms with Crippen LogP contribution >= 0.6 is 11.3 Å². The molecular weight excluding hydrogens is 433 g/mol. The number of amides is 1. The molecule has 3 heterocycles. The number of piperazine rings is 1. The molecule has 2 aliphatic rings. The summed E-state index contributed by atoms with van der Waals surface area (Å²) in [5, 5.41) is 11.4. The van der Waals surface area contributed by atoms with Gasteiger partial charge in [0.15, 0.2) is 0 Å². The summed E-state index contributed by atoms with van der Waals surface area (Å²) < 4.78 is 38.4. The number of nitro benzene ring substituents is 1. The van der Waals surface area contributed by atoms with Crippen molar-refractivity contribution >= 4 is 34.3 Å². The first-order valence-corrected chi connectivity index (χ1v) is 10.8. The fourth-order valence-corrected chi connectivity index (χ4v) is 4.84. The van der Waals surface area contributed by atoms with Crippen LogP contribution in [0.4, 0.5) is 30.2 Å². The zero-order chi connectivity index (χ0) is 22.2. The molecule has 7 nitrogen and oxygen atoms in total. The summed E-state index contributed by atoms with van der Waals surface area (Å²) in [6.07, 6.45) is -2.45. The zero-order valence-corrected chi connectivity index (χ0v) is 17.4. The summed E-state index contributed by atoms with van der Waals surface area (Å²) in [6, 6.07) is 7.22. The number of carbonyl (C=O) groups excluding carboxylic acids is 1. The van der Waals surface area contributed by atoms with Gasteiger partial charge in [0, 0.05) is 51.0 Å². The van der Waals surface area contributed by atoms with Gasteiger partial charge in [-0.3, -0.25) is 14.9 Å². The standard InChI is InChI=1S/C20H21F3N4O3S/c21-20(22,23)18-6-5-17(31-18)19(28)26-11-9-24(10-12-26)14-3-4-15(27(29)30)16(13-14)25-7-1-2-8-25/h3-6,13H,1-2,7-12H2. The molecule has 1 amide bonds. The lowest BCUT2D eigenvalue weighted by atomic mass is 10.2. The van der Waals surface area contributed by atoms with E-state index in [1.54, 1.807) is 11.0 Å². The number of hydrogen-bond donors (Lipinski definition) is 0. The van der Waals surface area contributed by atoms with Gasteiger partial charge in [0.25, 0.3) is 11.6 Å². The Morgan fingerprint density at radius 1 is 0.968 bits per heavy atom. The Labute approximate surface area is 180 Å². The SMILES string of the molecule is O=C(c1ccc(C(F)(F)F)s1)N1CCN(c2ccc([N+](=O)[O-])c(N3CCCC3)c2)CC1. The van der Waals surface area contributed by atoms with E-state index in [9.17, 15) is 28.1 Å². The number of anilines is 2. The molecule has 0 bridgehead atoms. The first kappa shape index (κ1) is 21.4. The molecular formula is C20H21F3N4O3S. The molecule has 11 heteroatoms. The molecule has 0 radical (unpaired) electrons. The van der Waals surface area contributed by atoms with Crippen molar-refractivity contribution in [3.63, 3.8) is 0 Å². The van der Waals surface area contributed by atoms with Crippen molar-refractivity contribution in [2.75, 3.05) is 49.1 Å². The Hall–Kier alpha value is -2.82. The van der Waals surface area contributed by atoms with Crippen LogP contribution in [0, 0.1) is 10.1 Å². The zero-order valence-electron chi connectivity index (χ0n) is 16.6. The summed E-state index contributed by atoms with van der Waals surface area (Å²) in [6.45, 7) is 3.31. The minimum Gasteiger partial charge on any atom is -0.368 e. The summed E-state index contributed by atoms with van der Waals surface area (Å²) in [7, 11) is 0. The summed E-state index contributed by atoms with van der Waals surface area (Å²) in [5.74, 6) is -0.401. The molecule has 2 aromatic rings. The van der Waals surface area contributed by atoms with E-state index < -0.39 is 17.0 Å². The lowest BCUT2D eigenvalue weighted by Gasteiger charge is -2.36. The monoisotopic (exact) mass is 454 g/mol. The molecule has 0 atom stereocenters. The Kier molecular flexibility index (Phi) is 5.78. The second kappa shape index (κ2) is 8.37. The molecule has 2 saturated heterocycles. The van der Waals surface area contributed by atoms with Gasteiger partial charge >= 0.3 is 6.18 Å². The van der Waals surface area contributed by atoms with Crippen molar-refractivity contribution in [2.45, 2.75) is 19.0 Å². The number of rotatable bonds is 4. The van der Waals surface area contributed by atoms with Gasteiger partial charge < -0.3 is 14.7 Å². The summed E-state index contributed by atoms with van der Waals surface area (Å²) >= 11 is 0.460. The number of nitrogens with zero attached hydrogens (tertiary/aromatic N) is 4. The number of halogens is 3. The number of hydrogen-bond acceptors (Lipinski definition) is 6. The predicted molar refractivity (Wildman–Crippen MR) is 112 cm³/mol. The molecule has 0 unspecified atom stereocenters. The predicted octanol–water partition coefficient (Wildman–Crippen LogP) is 4.24. The van der Waals surface area contributed by atoms with Crippen LogP contribution in [0.3, 0.4) is 0 Å². The third-order valence-electron chi connectivity index (χ3n) is 5.63. The maximum absolute atomic E-state index is 12.8. The third-order valence-corrected chi connectivity index (χ3v) is 6.75. The Balaban J connectivity index is 1.45. The van der Waals surface area contributed by atoms with Crippen LogP contribution in [-0.4, -0.2) is 55.0 Å². The van der Waals surface area contributed by atoms with Crippen LogP contribution in [0.1, 0.15) is 27.4 Å². The van der Waals surface area contributed by atoms with Crippen molar-refractivity contribution in [3.8, 4) is 0 Å². The van der Waals surface area contributed by atoms with Crippen molar-refractivity contribution in [1.82, 2.24) is 4.90 Å². The van der Waals surface area contributed by atoms with Crippen LogP contribution in [-0.2, 0) is 6.18 Å². The number of nitro groups is 1. The van der Waals surface area contributed by atoms with E-state index in [4.69, 9.17) is 0 Å². The van der Waals surface area contributed by atoms with E-state index in [1.807, 2.05) is 15.9 Å². The molecule has 2 fully saturated rings. The van der Waals surface area contributed by atoms with Gasteiger partial charge in [0.05, 0.1) is 9.80 Å². The average Bonchev–Trinajstić information content (AvgIpc) is 3.45. The molecule has 31 heavy (non-hydrogen) atoms. The normalized spacial score (nSPS) is 17.3. The second-order valence-corrected chi connectivity index (χ2v) is 8.65. The topological polar surface area (TPSA) is 69.9 Å². The van der Waals surface area contributed by atoms with Crippen LogP contribution in [0.25, 0.3) is 0 Å². The van der Waals surface area contributed by atoms with Crippen molar-refractivity contribution in [1.29, 1.82) is 0 Å². The third kappa shape index (κ3) is 4.46. The maximum Gasteiger partial charge on any atom is 0.425 e. The Morgan fingerprint density at radius 3 is 2.23 bits per heavy atom. The average molecular weight is 454 g/mol. The molecule has 4 rings (SSSR count). The van der Waals surface area contributed by atoms with Crippen LogP contribution in [0.15, 0.2) is 30.3 Å². The van der Waals surface area contributed by atoms with Crippen LogP contribution < -0.4 is 9.80 Å². The second-order valence-electron chi connectivity index (χ2n) is 7.57. The largest absolute Gasteiger partial charge is 0.425 e. The molecule has 0 saturated carbocycles. The quantitative estimate of drug-likeness (QED) is 0.511. The summed E-state index contributed by atoms with van der Waals surface area (Å²) in [4.78, 5) is 28.6. The van der Waals surface area contributed by atoms with Gasteiger partial charge in [-0.05, 0) is 37.1 Å². The molecule has 0 aliphatic carbocycles. The highest BCUT2D eigenvalue weighted by Crippen LogP contribution is 2.36. The number of benzene rings is 1. The molecule has 1 aromatic carbocycles. The minimum atomic E-state index is -4.45. The molecule has 1 aromatic heterocycles. The molecule has 166 valence electrons. The van der Waals surface area contributed by atoms with E-state index >= 15 is 0 Å². The van der Waals surface area contributed by atoms with Gasteiger partial charge in [-0.25, -0.2) is 0 Å². The van der Waals surface area contributed by atoms with Crippen LogP contribution in [0.2, 0.25) is 0 Å². The highest BCUT2D eigenvalue weighted by Gasteiger charge is 2.34. The Morgan fingerprint density at radius 2 is 1.65 bits per heavy atom. The van der Waals surface area contributed by atoms with E-state index in [0.717, 1.165) is 37.7 Å². The van der Waals surface area contributed by atoms with Gasteiger partial charge in [-0.15, -0.1) is 11.3 Å². The minimum absolute atomic E-state index is 0.0763. The maximum atomic E-state index is 12.8. The molecule has 2 aliphatic heterocycles. The number of thiophene rings is 1. The number of alkyl halides is 3. The fraction of sp³-hybridized carbons (Fsp3) is 0.450. The van der Waals surface area contributed by atoms with Gasteiger partial charge in [0.2, 0.25) is 0 Å². The summed E-state index contributed by atoms with van der Waals surface area (Å²) in [5.41, 5.74) is 1.53. The van der Waals surface area contributed by atoms with E-state index in [1.165, 1.54) is 12.1 Å². The van der Waals surface area contributed by atoms with E-state index in [0.29, 0.717) is 43.2 Å². The highest BCUT2D eigenvalue weighted by atomic mass is 32.1. The van der Waals surface area contributed by atoms with Crippen molar-refractivity contribution in [2.24, 2.45) is 0 Å². The molecule has 0 N–H and O–H groups in total. The first-order valence-electron chi connectivity index (χ1n) is 9.98. The van der Waals surface area contributed by atoms with Crippen molar-refractivity contribution < 1.29 is 22.9 Å².